The summed E-state index contributed by atoms with van der Waals surface area (Å²) >= 11 is 0. The first-order valence-electron chi connectivity index (χ1n) is 10.6. The van der Waals surface area contributed by atoms with Crippen LogP contribution in [0.5, 0.6) is 0 Å². The van der Waals surface area contributed by atoms with E-state index in [0.717, 1.165) is 0 Å². The van der Waals surface area contributed by atoms with Crippen LogP contribution in [0.2, 0.25) is 0 Å². The van der Waals surface area contributed by atoms with Crippen LogP contribution in [-0.2, 0) is 10.2 Å². The molecule has 2 aliphatic rings. The second-order valence-corrected chi connectivity index (χ2v) is 9.79. The van der Waals surface area contributed by atoms with Crippen LogP contribution in [0.25, 0.3) is 0 Å². The molecule has 1 aliphatic carbocycles. The largest absolute Gasteiger partial charge is 0.368 e. The number of hydrogen-bond donors (Lipinski definition) is 0. The standard InChI is InChI=1S/C24H22F8O/c1-8(2)12-16(25)18(27)13(19(28)17(12)26)10-5-9(10)6-24(3,4)15-22(31)20(29)14(11-7-33-11)21(30)23(15)32/h8-11H,5-7H2,1-4H3. The van der Waals surface area contributed by atoms with Gasteiger partial charge in [0.05, 0.1) is 12.2 Å². The molecule has 2 aromatic carbocycles. The molecule has 1 heterocycles. The van der Waals surface area contributed by atoms with Crippen LogP contribution < -0.4 is 0 Å². The predicted molar refractivity (Wildman–Crippen MR) is 104 cm³/mol. The van der Waals surface area contributed by atoms with E-state index in [1.807, 2.05) is 0 Å². The summed E-state index contributed by atoms with van der Waals surface area (Å²) < 4.78 is 121. The van der Waals surface area contributed by atoms with Crippen LogP contribution in [0.4, 0.5) is 35.1 Å². The first-order valence-corrected chi connectivity index (χ1v) is 10.6. The number of hydrogen-bond acceptors (Lipinski definition) is 1. The fourth-order valence-corrected chi connectivity index (χ4v) is 4.82. The van der Waals surface area contributed by atoms with Gasteiger partial charge in [0, 0.05) is 16.7 Å². The zero-order valence-corrected chi connectivity index (χ0v) is 18.4. The Bertz CT molecular complexity index is 1080. The Balaban J connectivity index is 1.65. The van der Waals surface area contributed by atoms with E-state index in [0.29, 0.717) is 0 Å². The third-order valence-electron chi connectivity index (χ3n) is 6.60. The van der Waals surface area contributed by atoms with Gasteiger partial charge in [0.2, 0.25) is 0 Å². The molecule has 1 aliphatic heterocycles. The van der Waals surface area contributed by atoms with E-state index >= 15 is 0 Å². The van der Waals surface area contributed by atoms with Gasteiger partial charge in [-0.05, 0) is 36.0 Å². The fourth-order valence-electron chi connectivity index (χ4n) is 4.82. The minimum atomic E-state index is -1.56. The first kappa shape index (κ1) is 24.0. The highest BCUT2D eigenvalue weighted by Crippen LogP contribution is 2.56. The summed E-state index contributed by atoms with van der Waals surface area (Å²) in [6.45, 7) is 5.41. The smallest absolute Gasteiger partial charge is 0.168 e. The summed E-state index contributed by atoms with van der Waals surface area (Å²) in [4.78, 5) is 0. The van der Waals surface area contributed by atoms with Gasteiger partial charge >= 0.3 is 0 Å². The van der Waals surface area contributed by atoms with Gasteiger partial charge in [0.25, 0.3) is 0 Å². The average molecular weight is 478 g/mol. The van der Waals surface area contributed by atoms with Crippen LogP contribution in [0.15, 0.2) is 0 Å². The minimum absolute atomic E-state index is 0.0565. The molecule has 0 spiro atoms. The van der Waals surface area contributed by atoms with E-state index in [-0.39, 0.29) is 19.4 Å². The Kier molecular flexibility index (Phi) is 5.78. The number of halogens is 8. The molecule has 0 amide bonds. The van der Waals surface area contributed by atoms with Crippen molar-refractivity contribution in [3.05, 3.63) is 68.8 Å². The van der Waals surface area contributed by atoms with E-state index < -0.39 is 98.1 Å². The number of epoxide rings is 1. The van der Waals surface area contributed by atoms with E-state index in [1.165, 1.54) is 27.7 Å². The topological polar surface area (TPSA) is 12.5 Å². The van der Waals surface area contributed by atoms with Gasteiger partial charge in [-0.15, -0.1) is 0 Å². The molecule has 3 atom stereocenters. The molecule has 180 valence electrons. The van der Waals surface area contributed by atoms with E-state index in [9.17, 15) is 35.1 Å². The molecule has 9 heteroatoms. The van der Waals surface area contributed by atoms with Crippen LogP contribution in [0.3, 0.4) is 0 Å². The summed E-state index contributed by atoms with van der Waals surface area (Å²) in [6.07, 6.45) is -1.08. The Morgan fingerprint density at radius 2 is 1.21 bits per heavy atom. The van der Waals surface area contributed by atoms with Gasteiger partial charge in [-0.25, -0.2) is 35.1 Å². The fraction of sp³-hybridized carbons (Fsp3) is 0.500. The number of rotatable bonds is 6. The molecule has 33 heavy (non-hydrogen) atoms. The summed E-state index contributed by atoms with van der Waals surface area (Å²) in [5.74, 6) is -14.5. The molecule has 0 bridgehead atoms. The monoisotopic (exact) mass is 478 g/mol. The Morgan fingerprint density at radius 3 is 1.64 bits per heavy atom. The summed E-state index contributed by atoms with van der Waals surface area (Å²) in [5.41, 5.74) is -4.58. The van der Waals surface area contributed by atoms with Gasteiger partial charge in [0.15, 0.2) is 46.5 Å². The van der Waals surface area contributed by atoms with Crippen molar-refractivity contribution in [2.45, 2.75) is 63.9 Å². The molecule has 3 unspecified atom stereocenters. The second-order valence-electron chi connectivity index (χ2n) is 9.79. The normalized spacial score (nSPS) is 22.3. The van der Waals surface area contributed by atoms with Crippen LogP contribution in [0, 0.1) is 52.5 Å². The highest BCUT2D eigenvalue weighted by Gasteiger charge is 2.48. The highest BCUT2D eigenvalue weighted by molar-refractivity contribution is 5.39. The molecular weight excluding hydrogens is 456 g/mol. The highest BCUT2D eigenvalue weighted by atomic mass is 19.2. The first-order chi connectivity index (χ1) is 15.3. The van der Waals surface area contributed by atoms with E-state index in [4.69, 9.17) is 4.74 Å². The zero-order valence-electron chi connectivity index (χ0n) is 18.4. The van der Waals surface area contributed by atoms with Crippen LogP contribution in [-0.4, -0.2) is 6.61 Å². The van der Waals surface area contributed by atoms with Gasteiger partial charge in [-0.2, -0.15) is 0 Å². The van der Waals surface area contributed by atoms with Crippen molar-refractivity contribution in [2.24, 2.45) is 5.92 Å². The summed E-state index contributed by atoms with van der Waals surface area (Å²) in [5, 5.41) is 0. The maximum Gasteiger partial charge on any atom is 0.168 e. The molecule has 0 aromatic heterocycles. The van der Waals surface area contributed by atoms with Gasteiger partial charge in [-0.3, -0.25) is 0 Å². The summed E-state index contributed by atoms with van der Waals surface area (Å²) in [6, 6.07) is 0. The van der Waals surface area contributed by atoms with Crippen molar-refractivity contribution in [1.29, 1.82) is 0 Å². The van der Waals surface area contributed by atoms with Gasteiger partial charge < -0.3 is 4.74 Å². The molecule has 1 saturated carbocycles. The van der Waals surface area contributed by atoms with Crippen molar-refractivity contribution in [3.63, 3.8) is 0 Å². The third-order valence-corrected chi connectivity index (χ3v) is 6.60. The lowest BCUT2D eigenvalue weighted by atomic mass is 9.78. The quantitative estimate of drug-likeness (QED) is 0.238. The minimum Gasteiger partial charge on any atom is -0.368 e. The van der Waals surface area contributed by atoms with Crippen molar-refractivity contribution >= 4 is 0 Å². The predicted octanol–water partition coefficient (Wildman–Crippen LogP) is 7.47. The lowest BCUT2D eigenvalue weighted by molar-refractivity contribution is 0.343. The van der Waals surface area contributed by atoms with Crippen LogP contribution in [0.1, 0.15) is 80.7 Å². The Morgan fingerprint density at radius 1 is 0.758 bits per heavy atom. The Hall–Kier alpha value is -2.16. The zero-order chi connectivity index (χ0) is 24.6. The van der Waals surface area contributed by atoms with Gasteiger partial charge in [0.1, 0.15) is 6.10 Å². The molecule has 1 nitrogen and oxygen atoms in total. The molecule has 0 N–H and O–H groups in total. The molecule has 2 aromatic rings. The van der Waals surface area contributed by atoms with Crippen molar-refractivity contribution in [3.8, 4) is 0 Å². The lowest BCUT2D eigenvalue weighted by Crippen LogP contribution is -2.25. The van der Waals surface area contributed by atoms with E-state index in [2.05, 4.69) is 0 Å². The van der Waals surface area contributed by atoms with Crippen molar-refractivity contribution in [2.75, 3.05) is 6.61 Å². The molecule has 1 saturated heterocycles. The van der Waals surface area contributed by atoms with E-state index in [1.54, 1.807) is 0 Å². The molecule has 4 rings (SSSR count). The van der Waals surface area contributed by atoms with Crippen molar-refractivity contribution < 1.29 is 39.9 Å². The van der Waals surface area contributed by atoms with Crippen molar-refractivity contribution in [1.82, 2.24) is 0 Å². The third kappa shape index (κ3) is 3.82. The SMILES string of the molecule is CC(C)c1c(F)c(F)c(C2CC2CC(C)(C)c2c(F)c(F)c(C3CO3)c(F)c2F)c(F)c1F. The molecular formula is C24H22F8O. The Labute approximate surface area is 185 Å². The number of ether oxygens (including phenoxy) is 1. The summed E-state index contributed by atoms with van der Waals surface area (Å²) in [7, 11) is 0. The number of benzene rings is 2. The lowest BCUT2D eigenvalue weighted by Gasteiger charge is -2.27. The second kappa shape index (κ2) is 7.96. The maximum atomic E-state index is 14.8. The molecule has 2 fully saturated rings. The van der Waals surface area contributed by atoms with Gasteiger partial charge in [-0.1, -0.05) is 27.7 Å². The molecule has 0 radical (unpaired) electrons. The van der Waals surface area contributed by atoms with Crippen LogP contribution >= 0.6 is 0 Å². The maximum absolute atomic E-state index is 14.8. The average Bonchev–Trinajstić information content (AvgIpc) is 3.63.